The van der Waals surface area contributed by atoms with E-state index in [2.05, 4.69) is 9.97 Å². The highest BCUT2D eigenvalue weighted by molar-refractivity contribution is 5.86. The van der Waals surface area contributed by atoms with Crippen LogP contribution >= 0.6 is 0 Å². The van der Waals surface area contributed by atoms with E-state index in [1.54, 1.807) is 12.1 Å². The Kier molecular flexibility index (Phi) is 3.98. The van der Waals surface area contributed by atoms with E-state index in [0.29, 0.717) is 28.0 Å². The van der Waals surface area contributed by atoms with Gasteiger partial charge in [-0.3, -0.25) is 9.36 Å². The molecule has 2 aromatic heterocycles. The van der Waals surface area contributed by atoms with Crippen molar-refractivity contribution in [3.8, 4) is 17.1 Å². The lowest BCUT2D eigenvalue weighted by molar-refractivity contribution is 0.185. The van der Waals surface area contributed by atoms with Crippen molar-refractivity contribution in [1.82, 2.24) is 14.5 Å². The molecule has 3 aromatic rings. The molecule has 3 rings (SSSR count). The maximum Gasteiger partial charge on any atom is 0.328 e. The molecule has 8 heteroatoms. The first-order valence-electron chi connectivity index (χ1n) is 6.88. The molecule has 2 heterocycles. The van der Waals surface area contributed by atoms with Crippen LogP contribution in [0.4, 0.5) is 0 Å². The third-order valence-electron chi connectivity index (χ3n) is 3.52. The first kappa shape index (κ1) is 15.0. The summed E-state index contributed by atoms with van der Waals surface area (Å²) in [5, 5.41) is 0.355. The van der Waals surface area contributed by atoms with Gasteiger partial charge in [0.2, 0.25) is 0 Å². The normalized spacial score (nSPS) is 11.0. The van der Waals surface area contributed by atoms with Crippen LogP contribution in [0, 0.1) is 0 Å². The average molecular weight is 317 g/mol. The number of ether oxygens (including phenoxy) is 2. The fourth-order valence-electron chi connectivity index (χ4n) is 2.38. The zero-order chi connectivity index (χ0) is 16.4. The third kappa shape index (κ3) is 2.64. The van der Waals surface area contributed by atoms with E-state index in [-0.39, 0.29) is 13.2 Å². The standard InChI is InChI=1S/C15H15N3O5/c1-21-4-3-18-14(19)9-5-10(13-7-16-8-23-13)12(22-2)6-11(9)17-15(18)20/h5-8H,3-4H2,1-2H3,(H,17,20). The molecule has 0 saturated heterocycles. The zero-order valence-corrected chi connectivity index (χ0v) is 12.7. The SMILES string of the molecule is COCCn1c(=O)[nH]c2cc(OC)c(-c3cnco3)cc2c1=O. The summed E-state index contributed by atoms with van der Waals surface area (Å²) in [5.41, 5.74) is 0.0898. The molecule has 23 heavy (non-hydrogen) atoms. The van der Waals surface area contributed by atoms with Crippen LogP contribution in [0.15, 0.2) is 38.7 Å². The van der Waals surface area contributed by atoms with Crippen LogP contribution in [0.5, 0.6) is 5.75 Å². The molecule has 0 spiro atoms. The highest BCUT2D eigenvalue weighted by Crippen LogP contribution is 2.32. The Morgan fingerprint density at radius 1 is 1.30 bits per heavy atom. The number of hydrogen-bond donors (Lipinski definition) is 1. The molecule has 0 bridgehead atoms. The van der Waals surface area contributed by atoms with Gasteiger partial charge in [0.25, 0.3) is 5.56 Å². The molecule has 0 atom stereocenters. The van der Waals surface area contributed by atoms with Crippen LogP contribution in [0.2, 0.25) is 0 Å². The first-order chi connectivity index (χ1) is 11.2. The van der Waals surface area contributed by atoms with Crippen molar-refractivity contribution in [2.24, 2.45) is 0 Å². The van der Waals surface area contributed by atoms with E-state index in [1.165, 1.54) is 26.8 Å². The molecule has 1 aromatic carbocycles. The van der Waals surface area contributed by atoms with E-state index >= 15 is 0 Å². The number of methoxy groups -OCH3 is 2. The minimum absolute atomic E-state index is 0.171. The summed E-state index contributed by atoms with van der Waals surface area (Å²) in [4.78, 5) is 31.2. The number of nitrogens with one attached hydrogen (secondary N) is 1. The van der Waals surface area contributed by atoms with Crippen LogP contribution in [0.25, 0.3) is 22.2 Å². The number of aromatic nitrogens is 3. The predicted molar refractivity (Wildman–Crippen MR) is 82.8 cm³/mol. The van der Waals surface area contributed by atoms with Gasteiger partial charge < -0.3 is 18.9 Å². The van der Waals surface area contributed by atoms with Gasteiger partial charge in [0.1, 0.15) is 5.75 Å². The summed E-state index contributed by atoms with van der Waals surface area (Å²) in [6, 6.07) is 3.22. The topological polar surface area (TPSA) is 99.3 Å². The molecule has 0 aliphatic heterocycles. The van der Waals surface area contributed by atoms with Gasteiger partial charge in [0, 0.05) is 13.2 Å². The lowest BCUT2D eigenvalue weighted by atomic mass is 10.1. The van der Waals surface area contributed by atoms with Gasteiger partial charge in [-0.25, -0.2) is 9.78 Å². The molecule has 0 aliphatic rings. The number of nitrogens with zero attached hydrogens (tertiary/aromatic N) is 2. The molecule has 0 saturated carbocycles. The maximum absolute atomic E-state index is 12.6. The van der Waals surface area contributed by atoms with Gasteiger partial charge in [-0.1, -0.05) is 0 Å². The molecule has 1 N–H and O–H groups in total. The number of H-pyrrole nitrogens is 1. The van der Waals surface area contributed by atoms with Crippen molar-refractivity contribution >= 4 is 10.9 Å². The molecule has 0 fully saturated rings. The molecule has 0 radical (unpaired) electrons. The van der Waals surface area contributed by atoms with Crippen molar-refractivity contribution in [2.45, 2.75) is 6.54 Å². The van der Waals surface area contributed by atoms with Gasteiger partial charge in [0.15, 0.2) is 12.2 Å². The first-order valence-corrected chi connectivity index (χ1v) is 6.88. The van der Waals surface area contributed by atoms with E-state index in [9.17, 15) is 9.59 Å². The van der Waals surface area contributed by atoms with Gasteiger partial charge >= 0.3 is 5.69 Å². The Morgan fingerprint density at radius 3 is 2.78 bits per heavy atom. The largest absolute Gasteiger partial charge is 0.496 e. The van der Waals surface area contributed by atoms with Gasteiger partial charge in [-0.05, 0) is 6.07 Å². The predicted octanol–water partition coefficient (Wildman–Crippen LogP) is 1.000. The van der Waals surface area contributed by atoms with Gasteiger partial charge in [0.05, 0.1) is 42.9 Å². The van der Waals surface area contributed by atoms with Crippen LogP contribution < -0.4 is 16.0 Å². The smallest absolute Gasteiger partial charge is 0.328 e. The molecule has 120 valence electrons. The maximum atomic E-state index is 12.6. The highest BCUT2D eigenvalue weighted by Gasteiger charge is 2.15. The summed E-state index contributed by atoms with van der Waals surface area (Å²) in [5.74, 6) is 0.941. The number of aromatic amines is 1. The van der Waals surface area contributed by atoms with E-state index < -0.39 is 11.2 Å². The van der Waals surface area contributed by atoms with E-state index in [0.717, 1.165) is 4.57 Å². The van der Waals surface area contributed by atoms with Crippen molar-refractivity contribution < 1.29 is 13.9 Å². The fourth-order valence-corrected chi connectivity index (χ4v) is 2.38. The van der Waals surface area contributed by atoms with Crippen molar-refractivity contribution in [1.29, 1.82) is 0 Å². The Balaban J connectivity index is 2.28. The fraction of sp³-hybridized carbons (Fsp3) is 0.267. The molecular formula is C15H15N3O5. The van der Waals surface area contributed by atoms with E-state index in [1.807, 2.05) is 0 Å². The summed E-state index contributed by atoms with van der Waals surface area (Å²) < 4.78 is 16.6. The number of fused-ring (bicyclic) bond motifs is 1. The Bertz CT molecular complexity index is 940. The Morgan fingerprint density at radius 2 is 2.13 bits per heavy atom. The second kappa shape index (κ2) is 6.09. The summed E-state index contributed by atoms with van der Waals surface area (Å²) in [6.07, 6.45) is 2.82. The molecule has 0 unspecified atom stereocenters. The summed E-state index contributed by atoms with van der Waals surface area (Å²) >= 11 is 0. The molecule has 0 aliphatic carbocycles. The Hall–Kier alpha value is -2.87. The van der Waals surface area contributed by atoms with Crippen molar-refractivity contribution in [3.63, 3.8) is 0 Å². The minimum atomic E-state index is -0.492. The lowest BCUT2D eigenvalue weighted by Gasteiger charge is -2.10. The average Bonchev–Trinajstić information content (AvgIpc) is 3.08. The monoisotopic (exact) mass is 317 g/mol. The summed E-state index contributed by atoms with van der Waals surface area (Å²) in [7, 11) is 3.01. The number of oxazole rings is 1. The second-order valence-corrected chi connectivity index (χ2v) is 4.84. The second-order valence-electron chi connectivity index (χ2n) is 4.84. The van der Waals surface area contributed by atoms with Crippen molar-refractivity contribution in [3.05, 3.63) is 45.6 Å². The number of benzene rings is 1. The van der Waals surface area contributed by atoms with Crippen molar-refractivity contribution in [2.75, 3.05) is 20.8 Å². The third-order valence-corrected chi connectivity index (χ3v) is 3.52. The molecular weight excluding hydrogens is 302 g/mol. The quantitative estimate of drug-likeness (QED) is 0.753. The van der Waals surface area contributed by atoms with Crippen LogP contribution in [0.3, 0.4) is 0 Å². The molecule has 8 nitrogen and oxygen atoms in total. The van der Waals surface area contributed by atoms with Crippen LogP contribution in [0.1, 0.15) is 0 Å². The lowest BCUT2D eigenvalue weighted by Crippen LogP contribution is -2.36. The van der Waals surface area contributed by atoms with Gasteiger partial charge in [-0.2, -0.15) is 0 Å². The van der Waals surface area contributed by atoms with E-state index in [4.69, 9.17) is 13.9 Å². The number of hydrogen-bond acceptors (Lipinski definition) is 6. The highest BCUT2D eigenvalue weighted by atomic mass is 16.5. The van der Waals surface area contributed by atoms with Crippen LogP contribution in [-0.2, 0) is 11.3 Å². The molecule has 0 amide bonds. The number of rotatable bonds is 5. The minimum Gasteiger partial charge on any atom is -0.496 e. The Labute approximate surface area is 130 Å². The van der Waals surface area contributed by atoms with Crippen LogP contribution in [-0.4, -0.2) is 35.4 Å². The zero-order valence-electron chi connectivity index (χ0n) is 12.7. The summed E-state index contributed by atoms with van der Waals surface area (Å²) in [6.45, 7) is 0.434. The van der Waals surface area contributed by atoms with Gasteiger partial charge in [-0.15, -0.1) is 0 Å².